The Hall–Kier alpha value is -4.10. The second-order valence-electron chi connectivity index (χ2n) is 7.29. The molecule has 0 saturated carbocycles. The first-order chi connectivity index (χ1) is 16.0. The first-order valence-corrected chi connectivity index (χ1v) is 11.2. The van der Waals surface area contributed by atoms with Crippen LogP contribution in [-0.4, -0.2) is 23.5 Å². The first-order valence-electron chi connectivity index (χ1n) is 10.2. The number of hydrogen-bond donors (Lipinski definition) is 3. The molecule has 0 aromatic heterocycles. The third-order valence-corrected chi connectivity index (χ3v) is 5.93. The summed E-state index contributed by atoms with van der Waals surface area (Å²) in [7, 11) is 0. The van der Waals surface area contributed by atoms with Gasteiger partial charge in [0.1, 0.15) is 0 Å². The quantitative estimate of drug-likeness (QED) is 0.344. The van der Waals surface area contributed by atoms with Crippen LogP contribution in [0, 0.1) is 0 Å². The predicted molar refractivity (Wildman–Crippen MR) is 133 cm³/mol. The van der Waals surface area contributed by atoms with Gasteiger partial charge in [-0.1, -0.05) is 48.5 Å². The van der Waals surface area contributed by atoms with Gasteiger partial charge in [-0.3, -0.25) is 14.4 Å². The van der Waals surface area contributed by atoms with E-state index < -0.39 is 5.91 Å². The van der Waals surface area contributed by atoms with Crippen LogP contribution in [0.2, 0.25) is 0 Å². The van der Waals surface area contributed by atoms with Gasteiger partial charge in [0.25, 0.3) is 11.8 Å². The van der Waals surface area contributed by atoms with Crippen LogP contribution in [0.4, 0.5) is 11.4 Å². The van der Waals surface area contributed by atoms with Crippen LogP contribution < -0.4 is 16.4 Å². The molecule has 33 heavy (non-hydrogen) atoms. The molecule has 3 amide bonds. The molecule has 0 spiro atoms. The van der Waals surface area contributed by atoms with Crippen molar-refractivity contribution in [3.05, 3.63) is 102 Å². The molecule has 4 rings (SSSR count). The van der Waals surface area contributed by atoms with E-state index in [1.807, 2.05) is 54.6 Å². The molecule has 0 radical (unpaired) electrons. The van der Waals surface area contributed by atoms with E-state index in [4.69, 9.17) is 5.73 Å². The van der Waals surface area contributed by atoms with Crippen molar-refractivity contribution in [3.8, 4) is 0 Å². The number of benzene rings is 4. The number of rotatable bonds is 7. The number of carbonyl (C=O) groups excluding carboxylic acids is 3. The minimum atomic E-state index is -0.603. The molecule has 0 heterocycles. The molecule has 0 unspecified atom stereocenters. The number of amides is 3. The lowest BCUT2D eigenvalue weighted by molar-refractivity contribution is -0.113. The average molecular weight is 456 g/mol. The topological polar surface area (TPSA) is 101 Å². The summed E-state index contributed by atoms with van der Waals surface area (Å²) in [6.07, 6.45) is 0. The fourth-order valence-electron chi connectivity index (χ4n) is 3.34. The molecule has 0 fully saturated rings. The fourth-order valence-corrected chi connectivity index (χ4v) is 4.09. The van der Waals surface area contributed by atoms with Crippen LogP contribution >= 0.6 is 11.8 Å². The second kappa shape index (κ2) is 10.0. The number of fused-ring (bicyclic) bond motifs is 1. The summed E-state index contributed by atoms with van der Waals surface area (Å²) in [5.41, 5.74) is 7.20. The normalized spacial score (nSPS) is 10.5. The van der Waals surface area contributed by atoms with Crippen LogP contribution in [0.1, 0.15) is 20.7 Å². The highest BCUT2D eigenvalue weighted by Crippen LogP contribution is 2.23. The zero-order chi connectivity index (χ0) is 23.2. The van der Waals surface area contributed by atoms with Gasteiger partial charge in [-0.2, -0.15) is 0 Å². The molecular formula is C26H21N3O3S. The SMILES string of the molecule is NC(=O)c1ccccc1NC(=O)CSc1cccc(NC(=O)c2ccc3ccccc3c2)c1. The van der Waals surface area contributed by atoms with Crippen molar-refractivity contribution < 1.29 is 14.4 Å². The summed E-state index contributed by atoms with van der Waals surface area (Å²) in [5, 5.41) is 7.69. The predicted octanol–water partition coefficient (Wildman–Crippen LogP) is 4.92. The van der Waals surface area contributed by atoms with Crippen molar-refractivity contribution in [1.29, 1.82) is 0 Å². The van der Waals surface area contributed by atoms with Crippen LogP contribution in [-0.2, 0) is 4.79 Å². The van der Waals surface area contributed by atoms with Crippen LogP contribution in [0.3, 0.4) is 0 Å². The maximum Gasteiger partial charge on any atom is 0.255 e. The van der Waals surface area contributed by atoms with Gasteiger partial charge in [0.2, 0.25) is 5.91 Å². The van der Waals surface area contributed by atoms with Crippen molar-refractivity contribution in [2.75, 3.05) is 16.4 Å². The van der Waals surface area contributed by atoms with E-state index in [9.17, 15) is 14.4 Å². The fraction of sp³-hybridized carbons (Fsp3) is 0.0385. The number of hydrogen-bond acceptors (Lipinski definition) is 4. The molecule has 0 aliphatic heterocycles. The van der Waals surface area contributed by atoms with Crippen molar-refractivity contribution in [3.63, 3.8) is 0 Å². The minimum absolute atomic E-state index is 0.134. The zero-order valence-corrected chi connectivity index (χ0v) is 18.4. The van der Waals surface area contributed by atoms with E-state index in [1.165, 1.54) is 11.8 Å². The van der Waals surface area contributed by atoms with E-state index in [2.05, 4.69) is 10.6 Å². The molecule has 0 bridgehead atoms. The van der Waals surface area contributed by atoms with E-state index in [0.717, 1.165) is 15.7 Å². The van der Waals surface area contributed by atoms with E-state index in [-0.39, 0.29) is 23.1 Å². The monoisotopic (exact) mass is 455 g/mol. The smallest absolute Gasteiger partial charge is 0.255 e. The Morgan fingerprint density at radius 1 is 0.758 bits per heavy atom. The Morgan fingerprint density at radius 3 is 2.33 bits per heavy atom. The van der Waals surface area contributed by atoms with Crippen molar-refractivity contribution in [2.24, 2.45) is 5.73 Å². The molecule has 4 N–H and O–H groups in total. The van der Waals surface area contributed by atoms with Gasteiger partial charge in [-0.25, -0.2) is 0 Å². The number of anilines is 2. The standard InChI is InChI=1S/C26H21N3O3S/c27-25(31)22-10-3-4-11-23(22)29-24(30)16-33-21-9-5-8-20(15-21)28-26(32)19-13-12-17-6-1-2-7-18(17)14-19/h1-15H,16H2,(H2,27,31)(H,28,32)(H,29,30). The third kappa shape index (κ3) is 5.58. The Morgan fingerprint density at radius 2 is 1.52 bits per heavy atom. The number of para-hydroxylation sites is 1. The molecule has 0 aliphatic carbocycles. The summed E-state index contributed by atoms with van der Waals surface area (Å²) in [5.74, 6) is -0.939. The van der Waals surface area contributed by atoms with E-state index in [0.29, 0.717) is 16.9 Å². The largest absolute Gasteiger partial charge is 0.366 e. The van der Waals surface area contributed by atoms with Crippen molar-refractivity contribution >= 4 is 51.6 Å². The molecular weight excluding hydrogens is 434 g/mol. The summed E-state index contributed by atoms with van der Waals surface area (Å²) in [6.45, 7) is 0. The average Bonchev–Trinajstić information content (AvgIpc) is 2.83. The Labute approximate surface area is 195 Å². The van der Waals surface area contributed by atoms with Gasteiger partial charge in [0.15, 0.2) is 0 Å². The first kappa shape index (κ1) is 22.1. The molecule has 164 valence electrons. The van der Waals surface area contributed by atoms with E-state index in [1.54, 1.807) is 36.4 Å². The number of primary amides is 1. The molecule has 0 aliphatic rings. The summed E-state index contributed by atoms with van der Waals surface area (Å²) >= 11 is 1.32. The number of thioether (sulfide) groups is 1. The van der Waals surface area contributed by atoms with Crippen molar-refractivity contribution in [2.45, 2.75) is 4.90 Å². The number of carbonyl (C=O) groups is 3. The highest BCUT2D eigenvalue weighted by atomic mass is 32.2. The Balaban J connectivity index is 1.38. The van der Waals surface area contributed by atoms with Gasteiger partial charge in [0.05, 0.1) is 17.0 Å². The molecule has 6 nitrogen and oxygen atoms in total. The van der Waals surface area contributed by atoms with Crippen LogP contribution in [0.25, 0.3) is 10.8 Å². The molecule has 0 atom stereocenters. The molecule has 4 aromatic rings. The highest BCUT2D eigenvalue weighted by molar-refractivity contribution is 8.00. The molecule has 0 saturated heterocycles. The lowest BCUT2D eigenvalue weighted by Gasteiger charge is -2.10. The molecule has 4 aromatic carbocycles. The molecule has 7 heteroatoms. The summed E-state index contributed by atoms with van der Waals surface area (Å²) in [4.78, 5) is 37.4. The zero-order valence-electron chi connectivity index (χ0n) is 17.6. The maximum absolute atomic E-state index is 12.7. The van der Waals surface area contributed by atoms with Gasteiger partial charge in [-0.05, 0) is 53.2 Å². The number of nitrogens with two attached hydrogens (primary N) is 1. The maximum atomic E-state index is 12.7. The summed E-state index contributed by atoms with van der Waals surface area (Å²) in [6, 6.07) is 27.3. The van der Waals surface area contributed by atoms with E-state index >= 15 is 0 Å². The Kier molecular flexibility index (Phi) is 6.71. The minimum Gasteiger partial charge on any atom is -0.366 e. The highest BCUT2D eigenvalue weighted by Gasteiger charge is 2.11. The second-order valence-corrected chi connectivity index (χ2v) is 8.34. The third-order valence-electron chi connectivity index (χ3n) is 4.94. The van der Waals surface area contributed by atoms with Gasteiger partial charge in [0, 0.05) is 16.1 Å². The van der Waals surface area contributed by atoms with Gasteiger partial charge in [-0.15, -0.1) is 11.8 Å². The summed E-state index contributed by atoms with van der Waals surface area (Å²) < 4.78 is 0. The van der Waals surface area contributed by atoms with Crippen molar-refractivity contribution in [1.82, 2.24) is 0 Å². The lowest BCUT2D eigenvalue weighted by atomic mass is 10.1. The van der Waals surface area contributed by atoms with Crippen LogP contribution in [0.5, 0.6) is 0 Å². The number of nitrogens with one attached hydrogen (secondary N) is 2. The van der Waals surface area contributed by atoms with Gasteiger partial charge >= 0.3 is 0 Å². The van der Waals surface area contributed by atoms with Crippen LogP contribution in [0.15, 0.2) is 95.9 Å². The Bertz CT molecular complexity index is 1350. The van der Waals surface area contributed by atoms with Gasteiger partial charge < -0.3 is 16.4 Å². The lowest BCUT2D eigenvalue weighted by Crippen LogP contribution is -2.19.